The number of aryl methyl sites for hydroxylation is 1. The largest absolute Gasteiger partial charge is 0.424 e. The number of imidazole rings is 1. The molecule has 0 aliphatic rings. The lowest BCUT2D eigenvalue weighted by Crippen LogP contribution is -2.47. The van der Waals surface area contributed by atoms with Crippen molar-refractivity contribution in [2.75, 3.05) is 13.1 Å². The predicted octanol–water partition coefficient (Wildman–Crippen LogP) is 1.83. The molecular formula is C14H21F3N4O2. The van der Waals surface area contributed by atoms with E-state index in [9.17, 15) is 23.1 Å². The average Bonchev–Trinajstić information content (AvgIpc) is 2.89. The molecule has 0 bridgehead atoms. The van der Waals surface area contributed by atoms with Crippen molar-refractivity contribution in [2.45, 2.75) is 31.5 Å². The number of halogens is 3. The number of allylic oxidation sites excluding steroid dienone is 1. The molecule has 1 atom stereocenters. The minimum Gasteiger partial charge on any atom is -0.374 e. The van der Waals surface area contributed by atoms with Gasteiger partial charge < -0.3 is 20.3 Å². The third-order valence-corrected chi connectivity index (χ3v) is 3.26. The van der Waals surface area contributed by atoms with Gasteiger partial charge >= 0.3 is 12.2 Å². The summed E-state index contributed by atoms with van der Waals surface area (Å²) < 4.78 is 40.8. The third kappa shape index (κ3) is 4.98. The van der Waals surface area contributed by atoms with E-state index < -0.39 is 30.1 Å². The fraction of sp³-hybridized carbons (Fsp3) is 0.571. The predicted molar refractivity (Wildman–Crippen MR) is 78.6 cm³/mol. The third-order valence-electron chi connectivity index (χ3n) is 3.26. The van der Waals surface area contributed by atoms with Gasteiger partial charge in [-0.15, -0.1) is 0 Å². The molecule has 1 unspecified atom stereocenters. The SMILES string of the molecule is CC=CCCNC(=O)NCCC(O)(c1nccn1C)C(F)(F)F. The second-order valence-corrected chi connectivity index (χ2v) is 5.01. The molecule has 1 aromatic rings. The number of hydrogen-bond donors (Lipinski definition) is 3. The summed E-state index contributed by atoms with van der Waals surface area (Å²) in [6.07, 6.45) is 1.16. The molecular weight excluding hydrogens is 313 g/mol. The molecule has 0 fully saturated rings. The van der Waals surface area contributed by atoms with Crippen LogP contribution < -0.4 is 10.6 Å². The summed E-state index contributed by atoms with van der Waals surface area (Å²) in [5.41, 5.74) is -3.12. The number of carbonyl (C=O) groups excluding carboxylic acids is 1. The van der Waals surface area contributed by atoms with E-state index in [1.807, 2.05) is 19.1 Å². The van der Waals surface area contributed by atoms with Crippen LogP contribution in [0.15, 0.2) is 24.5 Å². The highest BCUT2D eigenvalue weighted by molar-refractivity contribution is 5.73. The van der Waals surface area contributed by atoms with Crippen molar-refractivity contribution in [3.8, 4) is 0 Å². The van der Waals surface area contributed by atoms with Crippen LogP contribution in [0.3, 0.4) is 0 Å². The van der Waals surface area contributed by atoms with E-state index in [-0.39, 0.29) is 6.54 Å². The van der Waals surface area contributed by atoms with Crippen molar-refractivity contribution < 1.29 is 23.1 Å². The number of nitrogens with zero attached hydrogens (tertiary/aromatic N) is 2. The molecule has 0 radical (unpaired) electrons. The maximum atomic E-state index is 13.2. The first kappa shape index (κ1) is 19.0. The molecule has 0 spiro atoms. The first-order valence-electron chi connectivity index (χ1n) is 7.12. The molecule has 1 rings (SSSR count). The Morgan fingerprint density at radius 1 is 1.39 bits per heavy atom. The Morgan fingerprint density at radius 3 is 2.57 bits per heavy atom. The number of aromatic nitrogens is 2. The number of rotatable bonds is 7. The highest BCUT2D eigenvalue weighted by Crippen LogP contribution is 2.40. The molecule has 130 valence electrons. The molecule has 1 aromatic heterocycles. The van der Waals surface area contributed by atoms with E-state index in [0.29, 0.717) is 13.0 Å². The number of hydrogen-bond acceptors (Lipinski definition) is 3. The number of urea groups is 1. The summed E-state index contributed by atoms with van der Waals surface area (Å²) in [6, 6.07) is -0.584. The highest BCUT2D eigenvalue weighted by Gasteiger charge is 2.57. The molecule has 0 aliphatic carbocycles. The van der Waals surface area contributed by atoms with Gasteiger partial charge in [0.25, 0.3) is 0 Å². The number of amides is 2. The van der Waals surface area contributed by atoms with Crippen molar-refractivity contribution >= 4 is 6.03 Å². The second-order valence-electron chi connectivity index (χ2n) is 5.01. The smallest absolute Gasteiger partial charge is 0.374 e. The molecule has 2 amide bonds. The molecule has 9 heteroatoms. The zero-order chi connectivity index (χ0) is 17.5. The zero-order valence-corrected chi connectivity index (χ0v) is 13.0. The van der Waals surface area contributed by atoms with Gasteiger partial charge in [-0.3, -0.25) is 0 Å². The monoisotopic (exact) mass is 334 g/mol. The molecule has 0 saturated carbocycles. The van der Waals surface area contributed by atoms with Gasteiger partial charge in [-0.2, -0.15) is 13.2 Å². The van der Waals surface area contributed by atoms with Gasteiger partial charge in [-0.05, 0) is 13.3 Å². The van der Waals surface area contributed by atoms with Crippen LogP contribution in [-0.2, 0) is 12.6 Å². The van der Waals surface area contributed by atoms with E-state index in [1.165, 1.54) is 19.4 Å². The highest BCUT2D eigenvalue weighted by atomic mass is 19.4. The van der Waals surface area contributed by atoms with Crippen molar-refractivity contribution in [3.05, 3.63) is 30.4 Å². The van der Waals surface area contributed by atoms with Gasteiger partial charge in [0.05, 0.1) is 0 Å². The normalized spacial score (nSPS) is 14.7. The Balaban J connectivity index is 2.61. The maximum Gasteiger partial charge on any atom is 0.424 e. The Hall–Kier alpha value is -2.03. The van der Waals surface area contributed by atoms with Crippen molar-refractivity contribution in [1.82, 2.24) is 20.2 Å². The topological polar surface area (TPSA) is 79.2 Å². The van der Waals surface area contributed by atoms with Crippen LogP contribution in [0.2, 0.25) is 0 Å². The van der Waals surface area contributed by atoms with Crippen molar-refractivity contribution in [2.24, 2.45) is 7.05 Å². The van der Waals surface area contributed by atoms with Crippen molar-refractivity contribution in [3.63, 3.8) is 0 Å². The quantitative estimate of drug-likeness (QED) is 0.526. The van der Waals surface area contributed by atoms with Crippen LogP contribution in [-0.4, -0.2) is 40.0 Å². The van der Waals surface area contributed by atoms with Crippen LogP contribution in [0.5, 0.6) is 0 Å². The van der Waals surface area contributed by atoms with Gasteiger partial charge in [-0.1, -0.05) is 12.2 Å². The maximum absolute atomic E-state index is 13.2. The van der Waals surface area contributed by atoms with E-state index in [0.717, 1.165) is 4.57 Å². The molecule has 0 saturated heterocycles. The fourth-order valence-electron chi connectivity index (χ4n) is 2.00. The summed E-state index contributed by atoms with van der Waals surface area (Å²) in [4.78, 5) is 15.0. The number of carbonyl (C=O) groups is 1. The minimum absolute atomic E-state index is 0.349. The number of aliphatic hydroxyl groups is 1. The first-order chi connectivity index (χ1) is 10.7. The molecule has 0 aliphatic heterocycles. The Labute approximate surface area is 132 Å². The lowest BCUT2D eigenvalue weighted by Gasteiger charge is -2.29. The molecule has 0 aromatic carbocycles. The summed E-state index contributed by atoms with van der Waals surface area (Å²) in [5, 5.41) is 14.9. The average molecular weight is 334 g/mol. The van der Waals surface area contributed by atoms with Gasteiger partial charge in [-0.25, -0.2) is 9.78 Å². The minimum atomic E-state index is -4.91. The molecule has 3 N–H and O–H groups in total. The van der Waals surface area contributed by atoms with E-state index in [1.54, 1.807) is 0 Å². The van der Waals surface area contributed by atoms with Gasteiger partial charge in [0.1, 0.15) is 5.82 Å². The zero-order valence-electron chi connectivity index (χ0n) is 13.0. The van der Waals surface area contributed by atoms with Gasteiger partial charge in [0.15, 0.2) is 0 Å². The van der Waals surface area contributed by atoms with Crippen LogP contribution in [0.25, 0.3) is 0 Å². The Morgan fingerprint density at radius 2 is 2.04 bits per heavy atom. The Kier molecular flexibility index (Phi) is 6.62. The lowest BCUT2D eigenvalue weighted by atomic mass is 9.97. The van der Waals surface area contributed by atoms with E-state index >= 15 is 0 Å². The standard InChI is InChI=1S/C14H21F3N4O2/c1-3-4-5-7-19-12(22)20-8-6-13(23,14(15,16)17)11-18-9-10-21(11)2/h3-4,9-10,23H,5-8H2,1-2H3,(H2,19,20,22). The van der Waals surface area contributed by atoms with E-state index in [2.05, 4.69) is 15.6 Å². The van der Waals surface area contributed by atoms with Crippen LogP contribution in [0, 0.1) is 0 Å². The number of nitrogens with one attached hydrogen (secondary N) is 2. The molecule has 23 heavy (non-hydrogen) atoms. The molecule has 6 nitrogen and oxygen atoms in total. The summed E-state index contributed by atoms with van der Waals surface area (Å²) in [6.45, 7) is 1.87. The van der Waals surface area contributed by atoms with Crippen LogP contribution in [0.4, 0.5) is 18.0 Å². The van der Waals surface area contributed by atoms with Gasteiger partial charge in [0, 0.05) is 39.0 Å². The fourth-order valence-corrected chi connectivity index (χ4v) is 2.00. The summed E-state index contributed by atoms with van der Waals surface area (Å²) in [7, 11) is 1.36. The van der Waals surface area contributed by atoms with Gasteiger partial charge in [0.2, 0.25) is 5.60 Å². The van der Waals surface area contributed by atoms with Crippen LogP contribution in [0.1, 0.15) is 25.6 Å². The first-order valence-corrected chi connectivity index (χ1v) is 7.12. The van der Waals surface area contributed by atoms with Crippen molar-refractivity contribution in [1.29, 1.82) is 0 Å². The van der Waals surface area contributed by atoms with E-state index in [4.69, 9.17) is 0 Å². The second kappa shape index (κ2) is 8.00. The molecule has 1 heterocycles. The Bertz CT molecular complexity index is 542. The lowest BCUT2D eigenvalue weighted by molar-refractivity contribution is -0.272. The number of alkyl halides is 3. The van der Waals surface area contributed by atoms with Crippen LogP contribution >= 0.6 is 0 Å². The summed E-state index contributed by atoms with van der Waals surface area (Å²) in [5.74, 6) is -0.514. The summed E-state index contributed by atoms with van der Waals surface area (Å²) >= 11 is 0.